The van der Waals surface area contributed by atoms with Crippen LogP contribution in [0.2, 0.25) is 0 Å². The van der Waals surface area contributed by atoms with Crippen LogP contribution in [0.4, 0.5) is 5.82 Å². The predicted octanol–water partition coefficient (Wildman–Crippen LogP) is -3.41. The number of aromatic nitrogens is 2. The Morgan fingerprint density at radius 3 is 2.44 bits per heavy atom. The Kier molecular flexibility index (Phi) is 11.7. The maximum absolute atomic E-state index is 12.0. The number of aliphatic carboxylic acids is 1. The zero-order valence-electron chi connectivity index (χ0n) is 14.0. The molecular weight excluding hydrogens is 518 g/mol. The number of ether oxygens (including phenoxy) is 1. The van der Waals surface area contributed by atoms with E-state index in [0.29, 0.717) is 0 Å². The Bertz CT molecular complexity index is 718. The zero-order valence-corrected chi connectivity index (χ0v) is 19.7. The molecule has 1 fully saturated rings. The first-order valence-corrected chi connectivity index (χ1v) is 7.24. The molecule has 12 nitrogen and oxygen atoms in total. The van der Waals surface area contributed by atoms with Gasteiger partial charge in [-0.15, -0.1) is 0 Å². The number of carbonyl (C=O) groups is 2. The first kappa shape index (κ1) is 26.8. The summed E-state index contributed by atoms with van der Waals surface area (Å²) in [6.45, 7) is -0.547. The van der Waals surface area contributed by atoms with Crippen LogP contribution in [0.3, 0.4) is 0 Å². The molecule has 7 N–H and O–H groups in total. The van der Waals surface area contributed by atoms with Gasteiger partial charge in [0.25, 0.3) is 0 Å². The molecule has 14 heteroatoms. The van der Waals surface area contributed by atoms with Crippen LogP contribution in [-0.4, -0.2) is 72.8 Å². The van der Waals surface area contributed by atoms with Crippen molar-refractivity contribution in [1.29, 1.82) is 0 Å². The minimum atomic E-state index is -1.45. The second kappa shape index (κ2) is 11.7. The summed E-state index contributed by atoms with van der Waals surface area (Å²) in [5.41, 5.74) is 4.33. The summed E-state index contributed by atoms with van der Waals surface area (Å²) in [5, 5.41) is 39.5. The van der Waals surface area contributed by atoms with Crippen molar-refractivity contribution in [3.05, 3.63) is 22.7 Å². The molecule has 27 heavy (non-hydrogen) atoms. The van der Waals surface area contributed by atoms with Gasteiger partial charge in [-0.1, -0.05) is 0 Å². The van der Waals surface area contributed by atoms with Gasteiger partial charge in [0.2, 0.25) is 5.91 Å². The van der Waals surface area contributed by atoms with Gasteiger partial charge in [0.15, 0.2) is 6.23 Å². The summed E-state index contributed by atoms with van der Waals surface area (Å²) in [7, 11) is 0. The van der Waals surface area contributed by atoms with Gasteiger partial charge in [0.1, 0.15) is 30.2 Å². The minimum absolute atomic E-state index is 0. The van der Waals surface area contributed by atoms with E-state index in [4.69, 9.17) is 20.7 Å². The van der Waals surface area contributed by atoms with Crippen molar-refractivity contribution < 1.29 is 100 Å². The van der Waals surface area contributed by atoms with Crippen molar-refractivity contribution in [2.75, 3.05) is 11.9 Å². The third-order valence-electron chi connectivity index (χ3n) is 3.61. The molecule has 2 heterocycles. The molecule has 1 amide bonds. The third kappa shape index (κ3) is 6.69. The molecule has 1 aliphatic rings. The first-order valence-electron chi connectivity index (χ1n) is 7.24. The van der Waals surface area contributed by atoms with Crippen LogP contribution in [-0.2, 0) is 79.7 Å². The van der Waals surface area contributed by atoms with Crippen LogP contribution in [0, 0.1) is 0 Å². The van der Waals surface area contributed by atoms with Crippen molar-refractivity contribution in [2.45, 2.75) is 37.0 Å². The standard InChI is InChI=1S/C13H18N4O8.2Y/c14-5(12(22)23)3-8(19)15-7-1-2-17(13(24)16-7)11-10(21)9(20)6(4-18)25-11;;/h1-2,5-6,9-11,18,20-21H,3-4,14H2,(H,22,23)(H,15,16,19,24);;/t5-,6+,9?,10+,11+;;/m0../s1. The first-order chi connectivity index (χ1) is 11.7. The van der Waals surface area contributed by atoms with Gasteiger partial charge < -0.3 is 36.2 Å². The molecule has 1 unspecified atom stereocenters. The van der Waals surface area contributed by atoms with Crippen LogP contribution in [0.1, 0.15) is 12.6 Å². The average Bonchev–Trinajstić information content (AvgIpc) is 2.82. The number of rotatable bonds is 6. The number of hydrogen-bond donors (Lipinski definition) is 6. The Morgan fingerprint density at radius 1 is 1.33 bits per heavy atom. The average molecular weight is 536 g/mol. The van der Waals surface area contributed by atoms with E-state index in [2.05, 4.69) is 10.3 Å². The van der Waals surface area contributed by atoms with Crippen LogP contribution in [0.5, 0.6) is 0 Å². The molecule has 2 radical (unpaired) electrons. The molecule has 2 rings (SSSR count). The number of nitrogens with zero attached hydrogens (tertiary/aromatic N) is 2. The quantitative estimate of drug-likeness (QED) is 0.213. The molecule has 0 bridgehead atoms. The van der Waals surface area contributed by atoms with E-state index in [1.165, 1.54) is 12.3 Å². The van der Waals surface area contributed by atoms with Crippen LogP contribution in [0.15, 0.2) is 17.1 Å². The normalized spacial score (nSPS) is 25.0. The molecule has 0 spiro atoms. The van der Waals surface area contributed by atoms with Crippen molar-refractivity contribution in [3.8, 4) is 0 Å². The van der Waals surface area contributed by atoms with Crippen LogP contribution in [0.25, 0.3) is 0 Å². The molecule has 0 aliphatic carbocycles. The number of carbonyl (C=O) groups excluding carboxylic acids is 1. The number of carboxylic acid groups (broad SMARTS) is 1. The number of anilines is 1. The van der Waals surface area contributed by atoms with E-state index < -0.39 is 61.2 Å². The van der Waals surface area contributed by atoms with Gasteiger partial charge in [-0.2, -0.15) is 4.98 Å². The number of hydrogen-bond acceptors (Lipinski definition) is 9. The SMILES string of the molecule is N[C@@H](CC(=O)Nc1ccn([C@@H]2O[C@H](CO)C(O)[C@H]2O)c(=O)n1)C(=O)O.[Y].[Y]. The maximum atomic E-state index is 12.0. The Labute approximate surface area is 203 Å². The Balaban J connectivity index is 0.00000338. The second-order valence-corrected chi connectivity index (χ2v) is 5.43. The smallest absolute Gasteiger partial charge is 0.351 e. The van der Waals surface area contributed by atoms with E-state index in [9.17, 15) is 24.6 Å². The van der Waals surface area contributed by atoms with E-state index in [1.807, 2.05) is 0 Å². The maximum Gasteiger partial charge on any atom is 0.351 e. The molecular formula is C13H18N4O8Y2. The van der Waals surface area contributed by atoms with Gasteiger partial charge in [0.05, 0.1) is 13.0 Å². The van der Waals surface area contributed by atoms with Gasteiger partial charge in [0, 0.05) is 71.6 Å². The third-order valence-corrected chi connectivity index (χ3v) is 3.61. The van der Waals surface area contributed by atoms with Gasteiger partial charge in [-0.25, -0.2) is 4.79 Å². The van der Waals surface area contributed by atoms with Crippen LogP contribution < -0.4 is 16.7 Å². The fourth-order valence-corrected chi connectivity index (χ4v) is 2.27. The number of amides is 1. The van der Waals surface area contributed by atoms with Crippen molar-refractivity contribution in [1.82, 2.24) is 9.55 Å². The van der Waals surface area contributed by atoms with Crippen molar-refractivity contribution in [2.24, 2.45) is 5.73 Å². The zero-order chi connectivity index (χ0) is 18.7. The number of carboxylic acids is 1. The van der Waals surface area contributed by atoms with E-state index in [0.717, 1.165) is 4.57 Å². The van der Waals surface area contributed by atoms with Crippen molar-refractivity contribution >= 4 is 17.7 Å². The summed E-state index contributed by atoms with van der Waals surface area (Å²) in [5.74, 6) is -2.23. The summed E-state index contributed by atoms with van der Waals surface area (Å²) in [4.78, 5) is 37.8. The molecule has 1 aromatic rings. The largest absolute Gasteiger partial charge is 0.480 e. The van der Waals surface area contributed by atoms with Gasteiger partial charge in [-0.3, -0.25) is 14.2 Å². The molecule has 0 saturated carbocycles. The number of nitrogens with one attached hydrogen (secondary N) is 1. The fourth-order valence-electron chi connectivity index (χ4n) is 2.27. The predicted molar refractivity (Wildman–Crippen MR) is 80.4 cm³/mol. The minimum Gasteiger partial charge on any atom is -0.480 e. The molecule has 5 atom stereocenters. The van der Waals surface area contributed by atoms with Crippen LogP contribution >= 0.6 is 0 Å². The van der Waals surface area contributed by atoms with E-state index in [-0.39, 0.29) is 71.2 Å². The summed E-state index contributed by atoms with van der Waals surface area (Å²) in [6, 6.07) is -0.167. The topological polar surface area (TPSA) is 197 Å². The number of nitrogens with two attached hydrogens (primary N) is 1. The molecule has 1 aromatic heterocycles. The van der Waals surface area contributed by atoms with Crippen molar-refractivity contribution in [3.63, 3.8) is 0 Å². The Morgan fingerprint density at radius 2 is 1.96 bits per heavy atom. The van der Waals surface area contributed by atoms with E-state index >= 15 is 0 Å². The molecule has 1 aliphatic heterocycles. The van der Waals surface area contributed by atoms with E-state index in [1.54, 1.807) is 0 Å². The van der Waals surface area contributed by atoms with Gasteiger partial charge >= 0.3 is 11.7 Å². The fraction of sp³-hybridized carbons (Fsp3) is 0.538. The monoisotopic (exact) mass is 536 g/mol. The summed E-state index contributed by atoms with van der Waals surface area (Å²) >= 11 is 0. The number of aliphatic hydroxyl groups excluding tert-OH is 3. The number of aliphatic hydroxyl groups is 3. The molecule has 0 aromatic carbocycles. The summed E-state index contributed by atoms with van der Waals surface area (Å²) < 4.78 is 6.10. The van der Waals surface area contributed by atoms with Gasteiger partial charge in [-0.05, 0) is 6.07 Å². The molecule has 1 saturated heterocycles. The molecule has 144 valence electrons. The second-order valence-electron chi connectivity index (χ2n) is 5.43. The Hall–Kier alpha value is -0.172. The summed E-state index contributed by atoms with van der Waals surface area (Å²) in [6.07, 6.45) is -4.47.